The molecule has 0 saturated heterocycles. The van der Waals surface area contributed by atoms with Crippen LogP contribution in [0.4, 0.5) is 0 Å². The highest BCUT2D eigenvalue weighted by molar-refractivity contribution is 5.77. The van der Waals surface area contributed by atoms with Crippen molar-refractivity contribution in [2.24, 2.45) is 5.73 Å². The average molecular weight is 274 g/mol. The average Bonchev–Trinajstić information content (AvgIpc) is 2.46. The molecule has 0 aromatic heterocycles. The summed E-state index contributed by atoms with van der Waals surface area (Å²) in [5, 5.41) is 2.90. The Morgan fingerprint density at radius 1 is 1.40 bits per heavy atom. The zero-order chi connectivity index (χ0) is 14.8. The van der Waals surface area contributed by atoms with Gasteiger partial charge in [0, 0.05) is 12.2 Å². The van der Waals surface area contributed by atoms with Gasteiger partial charge in [0.1, 0.15) is 6.61 Å². The Labute approximate surface area is 120 Å². The van der Waals surface area contributed by atoms with Gasteiger partial charge in [-0.05, 0) is 31.0 Å². The Hall–Kier alpha value is -1.83. The molecule has 0 aliphatic heterocycles. The summed E-state index contributed by atoms with van der Waals surface area (Å²) in [4.78, 5) is 11.6. The third-order valence-electron chi connectivity index (χ3n) is 2.70. The first-order valence-corrected chi connectivity index (χ1v) is 6.83. The summed E-state index contributed by atoms with van der Waals surface area (Å²) in [6, 6.07) is 7.71. The highest BCUT2D eigenvalue weighted by Gasteiger charge is 2.09. The number of benzene rings is 1. The van der Waals surface area contributed by atoms with Crippen LogP contribution in [0.3, 0.4) is 0 Å². The first kappa shape index (κ1) is 16.2. The zero-order valence-corrected chi connectivity index (χ0v) is 12.1. The van der Waals surface area contributed by atoms with E-state index in [4.69, 9.17) is 10.5 Å². The Kier molecular flexibility index (Phi) is 7.41. The Balaban J connectivity index is 2.50. The molecular weight excluding hydrogens is 252 g/mol. The van der Waals surface area contributed by atoms with E-state index in [2.05, 4.69) is 17.2 Å². The van der Waals surface area contributed by atoms with Crippen molar-refractivity contribution in [2.45, 2.75) is 26.3 Å². The van der Waals surface area contributed by atoms with Crippen molar-refractivity contribution in [3.05, 3.63) is 35.4 Å². The summed E-state index contributed by atoms with van der Waals surface area (Å²) in [5.74, 6) is 5.67. The first-order valence-electron chi connectivity index (χ1n) is 6.83. The standard InChI is InChI=1S/C16H22N2O2/c1-3-11-20-12-16(19)18-13(2)15-8-6-14(7-9-15)5-4-10-17/h6-9,13H,3,10-12,17H2,1-2H3,(H,18,19). The van der Waals surface area contributed by atoms with Crippen molar-refractivity contribution in [1.29, 1.82) is 0 Å². The van der Waals surface area contributed by atoms with Crippen LogP contribution in [-0.2, 0) is 9.53 Å². The van der Waals surface area contributed by atoms with Crippen molar-refractivity contribution in [2.75, 3.05) is 19.8 Å². The molecule has 0 aliphatic rings. The molecule has 1 aromatic carbocycles. The summed E-state index contributed by atoms with van der Waals surface area (Å²) in [6.45, 7) is 5.02. The predicted molar refractivity (Wildman–Crippen MR) is 80.0 cm³/mol. The highest BCUT2D eigenvalue weighted by Crippen LogP contribution is 2.12. The Morgan fingerprint density at radius 3 is 2.70 bits per heavy atom. The van der Waals surface area contributed by atoms with Gasteiger partial charge in [0.05, 0.1) is 12.6 Å². The van der Waals surface area contributed by atoms with E-state index in [0.717, 1.165) is 17.5 Å². The molecule has 1 atom stereocenters. The van der Waals surface area contributed by atoms with Crippen molar-refractivity contribution >= 4 is 5.91 Å². The van der Waals surface area contributed by atoms with Crippen molar-refractivity contribution < 1.29 is 9.53 Å². The van der Waals surface area contributed by atoms with Gasteiger partial charge in [-0.1, -0.05) is 30.9 Å². The van der Waals surface area contributed by atoms with Crippen LogP contribution in [0.2, 0.25) is 0 Å². The van der Waals surface area contributed by atoms with E-state index in [9.17, 15) is 4.79 Å². The monoisotopic (exact) mass is 274 g/mol. The van der Waals surface area contributed by atoms with Crippen molar-refractivity contribution in [3.8, 4) is 11.8 Å². The number of hydrogen-bond donors (Lipinski definition) is 2. The number of nitrogens with two attached hydrogens (primary N) is 1. The molecule has 1 aromatic rings. The molecule has 1 amide bonds. The van der Waals surface area contributed by atoms with Gasteiger partial charge in [0.2, 0.25) is 5.91 Å². The number of rotatable bonds is 6. The summed E-state index contributed by atoms with van der Waals surface area (Å²) in [5.41, 5.74) is 7.28. The quantitative estimate of drug-likeness (QED) is 0.612. The molecule has 1 rings (SSSR count). The predicted octanol–water partition coefficient (Wildman–Crippen LogP) is 1.60. The number of nitrogens with one attached hydrogen (secondary N) is 1. The van der Waals surface area contributed by atoms with Crippen LogP contribution in [0.1, 0.15) is 37.4 Å². The van der Waals surface area contributed by atoms with Gasteiger partial charge in [-0.15, -0.1) is 0 Å². The van der Waals surface area contributed by atoms with Crippen LogP contribution in [0, 0.1) is 11.8 Å². The van der Waals surface area contributed by atoms with Crippen LogP contribution in [0.5, 0.6) is 0 Å². The Bertz CT molecular complexity index is 471. The fraction of sp³-hybridized carbons (Fsp3) is 0.438. The number of amides is 1. The second-order valence-corrected chi connectivity index (χ2v) is 4.47. The van der Waals surface area contributed by atoms with Crippen LogP contribution in [-0.4, -0.2) is 25.7 Å². The second kappa shape index (κ2) is 9.13. The molecule has 4 heteroatoms. The number of ether oxygens (including phenoxy) is 1. The van der Waals surface area contributed by atoms with Crippen LogP contribution in [0.15, 0.2) is 24.3 Å². The maximum Gasteiger partial charge on any atom is 0.246 e. The van der Waals surface area contributed by atoms with Crippen molar-refractivity contribution in [3.63, 3.8) is 0 Å². The minimum atomic E-state index is -0.0991. The Morgan fingerprint density at radius 2 is 2.10 bits per heavy atom. The fourth-order valence-electron chi connectivity index (χ4n) is 1.68. The second-order valence-electron chi connectivity index (χ2n) is 4.47. The van der Waals surface area contributed by atoms with E-state index in [1.54, 1.807) is 0 Å². The van der Waals surface area contributed by atoms with Crippen molar-refractivity contribution in [1.82, 2.24) is 5.32 Å². The topological polar surface area (TPSA) is 64.3 Å². The lowest BCUT2D eigenvalue weighted by molar-refractivity contribution is -0.126. The summed E-state index contributed by atoms with van der Waals surface area (Å²) >= 11 is 0. The van der Waals surface area contributed by atoms with E-state index in [0.29, 0.717) is 13.2 Å². The third kappa shape index (κ3) is 5.87. The molecule has 108 valence electrons. The van der Waals surface area contributed by atoms with Gasteiger partial charge in [-0.2, -0.15) is 0 Å². The molecule has 0 saturated carbocycles. The lowest BCUT2D eigenvalue weighted by atomic mass is 10.1. The van der Waals surface area contributed by atoms with E-state index >= 15 is 0 Å². The van der Waals surface area contributed by atoms with E-state index in [1.165, 1.54) is 0 Å². The van der Waals surface area contributed by atoms with E-state index < -0.39 is 0 Å². The third-order valence-corrected chi connectivity index (χ3v) is 2.70. The maximum atomic E-state index is 11.6. The molecule has 0 bridgehead atoms. The van der Waals surface area contributed by atoms with Gasteiger partial charge in [-0.3, -0.25) is 4.79 Å². The minimum absolute atomic E-state index is 0.0516. The molecule has 0 spiro atoms. The van der Waals surface area contributed by atoms with Gasteiger partial charge in [0.15, 0.2) is 0 Å². The number of hydrogen-bond acceptors (Lipinski definition) is 3. The smallest absolute Gasteiger partial charge is 0.246 e. The van der Waals surface area contributed by atoms with E-state index in [-0.39, 0.29) is 18.6 Å². The van der Waals surface area contributed by atoms with Crippen LogP contribution in [0.25, 0.3) is 0 Å². The van der Waals surface area contributed by atoms with Gasteiger partial charge < -0.3 is 15.8 Å². The molecule has 3 N–H and O–H groups in total. The van der Waals surface area contributed by atoms with E-state index in [1.807, 2.05) is 38.1 Å². The SMILES string of the molecule is CCCOCC(=O)NC(C)c1ccc(C#CCN)cc1. The largest absolute Gasteiger partial charge is 0.372 e. The van der Waals surface area contributed by atoms with Gasteiger partial charge in [0.25, 0.3) is 0 Å². The summed E-state index contributed by atoms with van der Waals surface area (Å²) in [6.07, 6.45) is 0.911. The molecule has 20 heavy (non-hydrogen) atoms. The molecule has 0 aliphatic carbocycles. The molecule has 0 radical (unpaired) electrons. The molecule has 0 heterocycles. The molecule has 0 fully saturated rings. The summed E-state index contributed by atoms with van der Waals surface area (Å²) < 4.78 is 5.20. The minimum Gasteiger partial charge on any atom is -0.372 e. The lowest BCUT2D eigenvalue weighted by Crippen LogP contribution is -2.30. The lowest BCUT2D eigenvalue weighted by Gasteiger charge is -2.14. The van der Waals surface area contributed by atoms with Crippen LogP contribution >= 0.6 is 0 Å². The molecule has 1 unspecified atom stereocenters. The summed E-state index contributed by atoms with van der Waals surface area (Å²) in [7, 11) is 0. The number of carbonyl (C=O) groups excluding carboxylic acids is 1. The maximum absolute atomic E-state index is 11.6. The van der Waals surface area contributed by atoms with Crippen LogP contribution < -0.4 is 11.1 Å². The normalized spacial score (nSPS) is 11.3. The number of carbonyl (C=O) groups is 1. The fourth-order valence-corrected chi connectivity index (χ4v) is 1.68. The van der Waals surface area contributed by atoms with Gasteiger partial charge in [-0.25, -0.2) is 0 Å². The highest BCUT2D eigenvalue weighted by atomic mass is 16.5. The van der Waals surface area contributed by atoms with Gasteiger partial charge >= 0.3 is 0 Å². The molecule has 4 nitrogen and oxygen atoms in total. The zero-order valence-electron chi connectivity index (χ0n) is 12.1. The molecular formula is C16H22N2O2. The first-order chi connectivity index (χ1) is 9.67.